The molecule has 4 nitrogen and oxygen atoms in total. The van der Waals surface area contributed by atoms with Crippen LogP contribution in [0.2, 0.25) is 0 Å². The molecule has 22 heavy (non-hydrogen) atoms. The Morgan fingerprint density at radius 2 is 2.09 bits per heavy atom. The lowest BCUT2D eigenvalue weighted by molar-refractivity contribution is -0.132. The summed E-state index contributed by atoms with van der Waals surface area (Å²) in [6.45, 7) is 2.31. The molecule has 5 heteroatoms. The van der Waals surface area contributed by atoms with E-state index in [1.165, 1.54) is 0 Å². The molecule has 0 N–H and O–H groups in total. The number of likely N-dealkylation sites (N-methyl/N-ethyl adjacent to an activating group) is 1. The summed E-state index contributed by atoms with van der Waals surface area (Å²) < 4.78 is 5.69. The number of thioether (sulfide) groups is 1. The number of carbonyl (C=O) groups excluding carboxylic acids is 1. The quantitative estimate of drug-likeness (QED) is 0.853. The zero-order valence-electron chi connectivity index (χ0n) is 13.5. The van der Waals surface area contributed by atoms with Gasteiger partial charge in [-0.25, -0.2) is 0 Å². The van der Waals surface area contributed by atoms with Crippen molar-refractivity contribution in [3.05, 3.63) is 29.8 Å². The molecule has 1 amide bonds. The summed E-state index contributed by atoms with van der Waals surface area (Å²) in [4.78, 5) is 17.3. The normalized spacial score (nSPS) is 27.6. The van der Waals surface area contributed by atoms with Gasteiger partial charge in [-0.2, -0.15) is 11.8 Å². The first-order chi connectivity index (χ1) is 10.6. The molecule has 2 aliphatic rings. The highest BCUT2D eigenvalue weighted by molar-refractivity contribution is 7.99. The van der Waals surface area contributed by atoms with E-state index in [4.69, 9.17) is 4.74 Å². The van der Waals surface area contributed by atoms with Crippen LogP contribution in [0.4, 0.5) is 0 Å². The summed E-state index contributed by atoms with van der Waals surface area (Å²) in [7, 11) is 4.21. The van der Waals surface area contributed by atoms with Crippen LogP contribution in [-0.2, 0) is 4.79 Å². The smallest absolute Gasteiger partial charge is 0.230 e. The summed E-state index contributed by atoms with van der Waals surface area (Å²) in [5, 5.41) is 0.494. The van der Waals surface area contributed by atoms with Gasteiger partial charge in [0.15, 0.2) is 0 Å². The highest BCUT2D eigenvalue weighted by Gasteiger charge is 2.39. The van der Waals surface area contributed by atoms with E-state index in [9.17, 15) is 4.79 Å². The number of likely N-dealkylation sites (tertiary alicyclic amines) is 1. The molecule has 0 bridgehead atoms. The summed E-state index contributed by atoms with van der Waals surface area (Å²) in [5.41, 5.74) is 1.05. The zero-order chi connectivity index (χ0) is 15.7. The molecule has 0 saturated carbocycles. The molecule has 3 rings (SSSR count). The highest BCUT2D eigenvalue weighted by Crippen LogP contribution is 2.36. The fraction of sp³-hybridized carbons (Fsp3) is 0.588. The molecule has 0 aliphatic carbocycles. The van der Waals surface area contributed by atoms with Crippen molar-refractivity contribution in [2.24, 2.45) is 0 Å². The highest BCUT2D eigenvalue weighted by atomic mass is 32.2. The molecular weight excluding hydrogens is 296 g/mol. The zero-order valence-corrected chi connectivity index (χ0v) is 14.3. The first kappa shape index (κ1) is 15.7. The van der Waals surface area contributed by atoms with Crippen LogP contribution in [-0.4, -0.2) is 67.0 Å². The van der Waals surface area contributed by atoms with Crippen LogP contribution in [0, 0.1) is 0 Å². The summed E-state index contributed by atoms with van der Waals surface area (Å²) >= 11 is 1.86. The van der Waals surface area contributed by atoms with Gasteiger partial charge in [0.05, 0.1) is 12.5 Å². The topological polar surface area (TPSA) is 32.8 Å². The average Bonchev–Trinajstić information content (AvgIpc) is 2.98. The van der Waals surface area contributed by atoms with Gasteiger partial charge in [0.25, 0.3) is 0 Å². The molecule has 0 radical (unpaired) electrons. The number of para-hydroxylation sites is 1. The van der Waals surface area contributed by atoms with Gasteiger partial charge in [0.1, 0.15) is 5.75 Å². The molecule has 2 heterocycles. The van der Waals surface area contributed by atoms with Crippen molar-refractivity contribution in [1.29, 1.82) is 0 Å². The first-order valence-corrected chi connectivity index (χ1v) is 9.10. The van der Waals surface area contributed by atoms with E-state index in [1.807, 2.05) is 36.0 Å². The van der Waals surface area contributed by atoms with Crippen LogP contribution in [0.5, 0.6) is 5.75 Å². The lowest BCUT2D eigenvalue weighted by atomic mass is 9.92. The van der Waals surface area contributed by atoms with Gasteiger partial charge in [-0.15, -0.1) is 0 Å². The van der Waals surface area contributed by atoms with E-state index in [-0.39, 0.29) is 11.8 Å². The summed E-state index contributed by atoms with van der Waals surface area (Å²) in [5.74, 6) is 1.09. The van der Waals surface area contributed by atoms with Crippen LogP contribution >= 0.6 is 11.8 Å². The Labute approximate surface area is 136 Å². The average molecular weight is 320 g/mol. The molecule has 1 saturated heterocycles. The minimum Gasteiger partial charge on any atom is -0.493 e. The second-order valence-electron chi connectivity index (χ2n) is 6.28. The van der Waals surface area contributed by atoms with Crippen molar-refractivity contribution in [3.63, 3.8) is 0 Å². The Hall–Kier alpha value is -1.20. The lowest BCUT2D eigenvalue weighted by Crippen LogP contribution is -2.38. The van der Waals surface area contributed by atoms with E-state index in [0.29, 0.717) is 17.9 Å². The number of hydrogen-bond acceptors (Lipinski definition) is 4. The van der Waals surface area contributed by atoms with Crippen molar-refractivity contribution < 1.29 is 9.53 Å². The molecule has 2 aliphatic heterocycles. The number of nitrogens with zero attached hydrogens (tertiary/aromatic N) is 2. The largest absolute Gasteiger partial charge is 0.493 e. The van der Waals surface area contributed by atoms with Crippen molar-refractivity contribution >= 4 is 17.7 Å². The lowest BCUT2D eigenvalue weighted by Gasteiger charge is -2.29. The van der Waals surface area contributed by atoms with E-state index in [2.05, 4.69) is 30.2 Å². The SMILES string of the molecule is CS[C@@H]1CN(C(=O)[C@@H]2CCOc3ccccc32)C[C@H]1N(C)C. The molecule has 1 aromatic carbocycles. The molecule has 0 aromatic heterocycles. The van der Waals surface area contributed by atoms with Crippen molar-refractivity contribution in [3.8, 4) is 5.75 Å². The number of carbonyl (C=O) groups is 1. The second-order valence-corrected chi connectivity index (χ2v) is 7.35. The van der Waals surface area contributed by atoms with Crippen LogP contribution in [0.15, 0.2) is 24.3 Å². The second kappa shape index (κ2) is 6.50. The Bertz CT molecular complexity index is 549. The summed E-state index contributed by atoms with van der Waals surface area (Å²) in [6, 6.07) is 8.39. The number of fused-ring (bicyclic) bond motifs is 1. The predicted octanol–water partition coefficient (Wildman–Crippen LogP) is 2.06. The number of benzene rings is 1. The maximum atomic E-state index is 13.0. The molecule has 1 fully saturated rings. The van der Waals surface area contributed by atoms with Gasteiger partial charge in [0, 0.05) is 29.9 Å². The van der Waals surface area contributed by atoms with Crippen LogP contribution in [0.3, 0.4) is 0 Å². The third kappa shape index (κ3) is 2.84. The monoisotopic (exact) mass is 320 g/mol. The third-order valence-electron chi connectivity index (χ3n) is 4.77. The minimum atomic E-state index is -0.0478. The van der Waals surface area contributed by atoms with E-state index in [1.54, 1.807) is 0 Å². The minimum absolute atomic E-state index is 0.0478. The molecule has 0 unspecified atom stereocenters. The Morgan fingerprint density at radius 3 is 2.77 bits per heavy atom. The van der Waals surface area contributed by atoms with Crippen molar-refractivity contribution in [1.82, 2.24) is 9.80 Å². The first-order valence-electron chi connectivity index (χ1n) is 7.81. The summed E-state index contributed by atoms with van der Waals surface area (Å²) in [6.07, 6.45) is 2.92. The van der Waals surface area contributed by atoms with Crippen LogP contribution in [0.1, 0.15) is 17.9 Å². The van der Waals surface area contributed by atoms with Gasteiger partial charge in [0.2, 0.25) is 5.91 Å². The standard InChI is InChI=1S/C17H24N2O2S/c1-18(2)14-10-19(11-16(14)22-3)17(20)13-8-9-21-15-7-5-4-6-12(13)15/h4-7,13-14,16H,8-11H2,1-3H3/t13-,14-,16-/m1/s1. The van der Waals surface area contributed by atoms with Gasteiger partial charge in [-0.05, 0) is 32.8 Å². The Morgan fingerprint density at radius 1 is 1.32 bits per heavy atom. The number of rotatable bonds is 3. The van der Waals surface area contributed by atoms with Gasteiger partial charge < -0.3 is 14.5 Å². The maximum absolute atomic E-state index is 13.0. The number of ether oxygens (including phenoxy) is 1. The Balaban J connectivity index is 1.78. The van der Waals surface area contributed by atoms with E-state index >= 15 is 0 Å². The van der Waals surface area contributed by atoms with Crippen LogP contribution in [0.25, 0.3) is 0 Å². The molecule has 3 atom stereocenters. The maximum Gasteiger partial charge on any atom is 0.230 e. The van der Waals surface area contributed by atoms with Crippen LogP contribution < -0.4 is 4.74 Å². The number of hydrogen-bond donors (Lipinski definition) is 0. The van der Waals surface area contributed by atoms with Gasteiger partial charge in [-0.3, -0.25) is 4.79 Å². The van der Waals surface area contributed by atoms with E-state index < -0.39 is 0 Å². The molecule has 1 aromatic rings. The van der Waals surface area contributed by atoms with E-state index in [0.717, 1.165) is 30.8 Å². The van der Waals surface area contributed by atoms with Crippen molar-refractivity contribution in [2.45, 2.75) is 23.6 Å². The molecule has 120 valence electrons. The Kier molecular flexibility index (Phi) is 4.64. The van der Waals surface area contributed by atoms with Crippen molar-refractivity contribution in [2.75, 3.05) is 40.0 Å². The van der Waals surface area contributed by atoms with Gasteiger partial charge >= 0.3 is 0 Å². The number of amides is 1. The fourth-order valence-electron chi connectivity index (χ4n) is 3.48. The van der Waals surface area contributed by atoms with Gasteiger partial charge in [-0.1, -0.05) is 18.2 Å². The predicted molar refractivity (Wildman–Crippen MR) is 90.7 cm³/mol. The molecule has 0 spiro atoms. The third-order valence-corrected chi connectivity index (χ3v) is 5.84. The molecular formula is C17H24N2O2S. The fourth-order valence-corrected chi connectivity index (χ4v) is 4.46.